The second kappa shape index (κ2) is 4.23. The zero-order valence-electron chi connectivity index (χ0n) is 4.13. The van der Waals surface area contributed by atoms with E-state index in [2.05, 4.69) is 0 Å². The van der Waals surface area contributed by atoms with Gasteiger partial charge in [-0.05, 0) is 0 Å². The summed E-state index contributed by atoms with van der Waals surface area (Å²) in [6.45, 7) is 0. The van der Waals surface area contributed by atoms with Gasteiger partial charge in [0.2, 0.25) is 0 Å². The molecule has 0 bridgehead atoms. The molecule has 50 valence electrons. The van der Waals surface area contributed by atoms with Crippen LogP contribution in [0.2, 0.25) is 0 Å². The van der Waals surface area contributed by atoms with Crippen LogP contribution < -0.4 is 0 Å². The molecule has 0 aromatic heterocycles. The Bertz CT molecular complexity index is 48.0. The summed E-state index contributed by atoms with van der Waals surface area (Å²) in [7, 11) is 0. The highest BCUT2D eigenvalue weighted by atomic mass is 36.0. The Hall–Kier alpha value is 1.38. The van der Waals surface area contributed by atoms with E-state index in [0.717, 1.165) is 0 Å². The molecule has 1 saturated carbocycles. The van der Waals surface area contributed by atoms with E-state index in [1.807, 2.05) is 0 Å². The highest BCUT2D eigenvalue weighted by Gasteiger charge is 2.19. The Morgan fingerprint density at radius 2 is 0.875 bits per heavy atom. The van der Waals surface area contributed by atoms with Gasteiger partial charge in [0, 0.05) is 0 Å². The van der Waals surface area contributed by atoms with E-state index in [1.54, 1.807) is 0 Å². The second-order valence-electron chi connectivity index (χ2n) is 1.49. The van der Waals surface area contributed by atoms with Crippen LogP contribution >= 0.6 is 44.3 Å². The van der Waals surface area contributed by atoms with Gasteiger partial charge >= 0.3 is 5.31 Å². The van der Waals surface area contributed by atoms with Crippen LogP contribution in [0.25, 0.3) is 0 Å². The lowest BCUT2D eigenvalue weighted by atomic mass is 11.0. The van der Waals surface area contributed by atoms with E-state index in [1.165, 1.54) is 19.3 Å². The molecule has 0 radical (unpaired) electrons. The predicted octanol–water partition coefficient (Wildman–Crippen LogP) is 3.55. The van der Waals surface area contributed by atoms with E-state index >= 15 is 0 Å². The molecule has 1 rings (SSSR count). The summed E-state index contributed by atoms with van der Waals surface area (Å²) >= 11 is 19.9. The van der Waals surface area contributed by atoms with Crippen LogP contribution in [0.15, 0.2) is 0 Å². The predicted molar refractivity (Wildman–Crippen MR) is 43.0 cm³/mol. The van der Waals surface area contributed by atoms with Gasteiger partial charge in [-0.3, -0.25) is 0 Å². The average molecular weight is 212 g/mol. The topological polar surface area (TPSA) is 0 Å². The van der Waals surface area contributed by atoms with Crippen molar-refractivity contribution in [2.75, 3.05) is 0 Å². The molecule has 0 spiro atoms. The van der Waals surface area contributed by atoms with Crippen LogP contribution in [0, 0.1) is 0 Å². The first kappa shape index (κ1) is 9.38. The third-order valence-electron chi connectivity index (χ3n) is 0.354. The van der Waals surface area contributed by atoms with Gasteiger partial charge in [-0.25, -0.2) is 0 Å². The SMILES string of the molecule is C1CC1.Cl[Si](Cl)(Cl)Cl. The maximum atomic E-state index is 4.97. The van der Waals surface area contributed by atoms with Gasteiger partial charge in [-0.15, -0.1) is 44.3 Å². The van der Waals surface area contributed by atoms with E-state index < -0.39 is 5.31 Å². The normalized spacial score (nSPS) is 16.5. The first-order chi connectivity index (χ1) is 3.50. The standard InChI is InChI=1S/C3H6.Cl4Si/c1-2-3-1;1-5(2,3)4/h1-3H2;. The molecule has 0 aromatic carbocycles. The van der Waals surface area contributed by atoms with Crippen LogP contribution in [0.1, 0.15) is 19.3 Å². The molecule has 0 amide bonds. The fraction of sp³-hybridized carbons (Fsp3) is 1.00. The number of rotatable bonds is 0. The molecule has 0 saturated heterocycles. The van der Waals surface area contributed by atoms with E-state index in [0.29, 0.717) is 0 Å². The van der Waals surface area contributed by atoms with Gasteiger partial charge in [-0.2, -0.15) is 0 Å². The van der Waals surface area contributed by atoms with Gasteiger partial charge < -0.3 is 0 Å². The molecular formula is C3H6Cl4Si. The van der Waals surface area contributed by atoms with Crippen molar-refractivity contribution in [2.45, 2.75) is 19.3 Å². The Kier molecular flexibility index (Phi) is 4.96. The average Bonchev–Trinajstić information content (AvgIpc) is 1.95. The van der Waals surface area contributed by atoms with Crippen LogP contribution in [0.3, 0.4) is 0 Å². The molecule has 1 aliphatic carbocycles. The molecule has 0 nitrogen and oxygen atoms in total. The van der Waals surface area contributed by atoms with Crippen LogP contribution in [0.5, 0.6) is 0 Å². The lowest BCUT2D eigenvalue weighted by Crippen LogP contribution is -1.91. The monoisotopic (exact) mass is 210 g/mol. The Morgan fingerprint density at radius 3 is 0.875 bits per heavy atom. The van der Waals surface area contributed by atoms with Crippen molar-refractivity contribution in [1.82, 2.24) is 0 Å². The van der Waals surface area contributed by atoms with E-state index in [4.69, 9.17) is 44.3 Å². The second-order valence-corrected chi connectivity index (χ2v) is 12.6. The maximum absolute atomic E-state index is 4.97. The van der Waals surface area contributed by atoms with E-state index in [9.17, 15) is 0 Å². The summed E-state index contributed by atoms with van der Waals surface area (Å²) in [4.78, 5) is 0. The summed E-state index contributed by atoms with van der Waals surface area (Å²) in [6, 6.07) is 0. The largest absolute Gasteiger partial charge is 0.440 e. The van der Waals surface area contributed by atoms with Crippen LogP contribution in [-0.2, 0) is 0 Å². The Labute approximate surface area is 68.9 Å². The van der Waals surface area contributed by atoms with Crippen molar-refractivity contribution < 1.29 is 0 Å². The molecule has 0 atom stereocenters. The molecule has 0 aromatic rings. The number of hydrogen-bond donors (Lipinski definition) is 0. The maximum Gasteiger partial charge on any atom is 0.440 e. The van der Waals surface area contributed by atoms with E-state index in [-0.39, 0.29) is 0 Å². The first-order valence-electron chi connectivity index (χ1n) is 2.26. The minimum absolute atomic E-state index is 1.50. The van der Waals surface area contributed by atoms with Crippen LogP contribution in [-0.4, -0.2) is 5.31 Å². The highest BCUT2D eigenvalue weighted by molar-refractivity contribution is 7.81. The number of hydrogen-bond acceptors (Lipinski definition) is 0. The molecule has 5 heteroatoms. The van der Waals surface area contributed by atoms with Crippen LogP contribution in [0.4, 0.5) is 0 Å². The zero-order valence-corrected chi connectivity index (χ0v) is 8.16. The van der Waals surface area contributed by atoms with Crippen molar-refractivity contribution in [3.63, 3.8) is 0 Å². The Balaban J connectivity index is 0.000000135. The molecule has 8 heavy (non-hydrogen) atoms. The molecule has 1 aliphatic rings. The summed E-state index contributed by atoms with van der Waals surface area (Å²) < 4.78 is 0. The summed E-state index contributed by atoms with van der Waals surface area (Å²) in [5.41, 5.74) is 0. The number of halogens is 4. The third-order valence-corrected chi connectivity index (χ3v) is 0.354. The molecule has 0 heterocycles. The Morgan fingerprint density at radius 1 is 0.750 bits per heavy atom. The molecule has 1 fully saturated rings. The highest BCUT2D eigenvalue weighted by Crippen LogP contribution is 2.23. The summed E-state index contributed by atoms with van der Waals surface area (Å²) in [6.07, 6.45) is 4.50. The summed E-state index contributed by atoms with van der Waals surface area (Å²) in [5, 5.41) is -2.72. The molecule has 0 N–H and O–H groups in total. The first-order valence-corrected chi connectivity index (χ1v) is 8.30. The van der Waals surface area contributed by atoms with Crippen molar-refractivity contribution in [3.8, 4) is 0 Å². The smallest absolute Gasteiger partial charge is 0.110 e. The van der Waals surface area contributed by atoms with Crippen molar-refractivity contribution in [1.29, 1.82) is 0 Å². The molecular weight excluding hydrogens is 206 g/mol. The minimum atomic E-state index is -2.72. The fourth-order valence-electron chi connectivity index (χ4n) is 0. The molecule has 0 unspecified atom stereocenters. The third kappa shape index (κ3) is 53.1. The fourth-order valence-corrected chi connectivity index (χ4v) is 0. The summed E-state index contributed by atoms with van der Waals surface area (Å²) in [5.74, 6) is 0. The van der Waals surface area contributed by atoms with Gasteiger partial charge in [0.05, 0.1) is 0 Å². The van der Waals surface area contributed by atoms with Crippen molar-refractivity contribution in [2.24, 2.45) is 0 Å². The van der Waals surface area contributed by atoms with Gasteiger partial charge in [0.25, 0.3) is 0 Å². The minimum Gasteiger partial charge on any atom is -0.110 e. The van der Waals surface area contributed by atoms with Crippen molar-refractivity contribution >= 4 is 49.6 Å². The molecule has 0 aliphatic heterocycles. The van der Waals surface area contributed by atoms with Gasteiger partial charge in [0.15, 0.2) is 0 Å². The lowest BCUT2D eigenvalue weighted by Gasteiger charge is -1.85. The van der Waals surface area contributed by atoms with Gasteiger partial charge in [0.1, 0.15) is 0 Å². The lowest BCUT2D eigenvalue weighted by molar-refractivity contribution is 1.50. The van der Waals surface area contributed by atoms with Crippen molar-refractivity contribution in [3.05, 3.63) is 0 Å². The zero-order chi connectivity index (χ0) is 6.62. The van der Waals surface area contributed by atoms with Gasteiger partial charge in [-0.1, -0.05) is 19.3 Å². The quantitative estimate of drug-likeness (QED) is 0.425.